The second-order valence-electron chi connectivity index (χ2n) is 7.59. The molecule has 2 amide bonds. The number of anilines is 1. The molecule has 0 saturated carbocycles. The van der Waals surface area contributed by atoms with E-state index in [0.29, 0.717) is 10.6 Å². The monoisotopic (exact) mass is 402 g/mol. The van der Waals surface area contributed by atoms with Crippen LogP contribution in [-0.2, 0) is 10.3 Å². The van der Waals surface area contributed by atoms with Crippen molar-refractivity contribution in [2.24, 2.45) is 16.1 Å². The first-order valence-corrected chi connectivity index (χ1v) is 9.60. The van der Waals surface area contributed by atoms with Crippen LogP contribution in [0.25, 0.3) is 0 Å². The van der Waals surface area contributed by atoms with Crippen LogP contribution in [0.5, 0.6) is 0 Å². The number of hydrogen-bond donors (Lipinski definition) is 2. The van der Waals surface area contributed by atoms with E-state index < -0.39 is 16.8 Å². The number of carbonyl (C=O) groups is 2. The first kappa shape index (κ1) is 20.0. The van der Waals surface area contributed by atoms with Crippen molar-refractivity contribution in [3.63, 3.8) is 0 Å². The van der Waals surface area contributed by atoms with E-state index in [1.807, 2.05) is 13.0 Å². The van der Waals surface area contributed by atoms with Crippen molar-refractivity contribution in [3.05, 3.63) is 51.5 Å². The van der Waals surface area contributed by atoms with E-state index in [2.05, 4.69) is 10.3 Å². The summed E-state index contributed by atoms with van der Waals surface area (Å²) in [6.07, 6.45) is 0. The van der Waals surface area contributed by atoms with Crippen LogP contribution in [0, 0.1) is 18.2 Å². The summed E-state index contributed by atoms with van der Waals surface area (Å²) in [7, 11) is 1.54. The molecule has 3 rings (SSSR count). The Kier molecular flexibility index (Phi) is 4.79. The van der Waals surface area contributed by atoms with Gasteiger partial charge in [-0.1, -0.05) is 0 Å². The quantitative estimate of drug-likeness (QED) is 0.824. The van der Waals surface area contributed by atoms with E-state index >= 15 is 0 Å². The summed E-state index contributed by atoms with van der Waals surface area (Å²) < 4.78 is 14.8. The number of amides is 2. The predicted molar refractivity (Wildman–Crippen MR) is 109 cm³/mol. The van der Waals surface area contributed by atoms with Gasteiger partial charge >= 0.3 is 0 Å². The van der Waals surface area contributed by atoms with Gasteiger partial charge in [0.05, 0.1) is 10.3 Å². The van der Waals surface area contributed by atoms with Crippen molar-refractivity contribution >= 4 is 34.8 Å². The molecule has 1 aliphatic heterocycles. The van der Waals surface area contributed by atoms with E-state index in [4.69, 9.17) is 5.73 Å². The fraction of sp³-hybridized carbons (Fsp3) is 0.350. The van der Waals surface area contributed by atoms with Crippen LogP contribution in [-0.4, -0.2) is 29.7 Å². The van der Waals surface area contributed by atoms with Crippen molar-refractivity contribution < 1.29 is 14.0 Å². The summed E-state index contributed by atoms with van der Waals surface area (Å²) in [5.74, 6) is -1.03. The Bertz CT molecular complexity index is 998. The lowest BCUT2D eigenvalue weighted by Gasteiger charge is -2.46. The molecule has 2 heterocycles. The van der Waals surface area contributed by atoms with Gasteiger partial charge in [0, 0.05) is 23.2 Å². The lowest BCUT2D eigenvalue weighted by molar-refractivity contribution is -0.140. The van der Waals surface area contributed by atoms with E-state index in [1.54, 1.807) is 33.9 Å². The topological polar surface area (TPSA) is 87.8 Å². The number of benzene rings is 1. The molecule has 28 heavy (non-hydrogen) atoms. The molecule has 1 aromatic carbocycles. The minimum atomic E-state index is -1.23. The van der Waals surface area contributed by atoms with Crippen molar-refractivity contribution in [3.8, 4) is 0 Å². The van der Waals surface area contributed by atoms with E-state index in [-0.39, 0.29) is 23.3 Å². The van der Waals surface area contributed by atoms with E-state index in [1.165, 1.54) is 34.4 Å². The molecule has 0 spiro atoms. The molecule has 6 nitrogen and oxygen atoms in total. The molecule has 0 unspecified atom stereocenters. The highest BCUT2D eigenvalue weighted by molar-refractivity contribution is 7.14. The normalized spacial score (nSPS) is 21.4. The largest absolute Gasteiger partial charge is 0.369 e. The Labute approximate surface area is 167 Å². The van der Waals surface area contributed by atoms with Gasteiger partial charge in [-0.25, -0.2) is 9.38 Å². The van der Waals surface area contributed by atoms with Crippen LogP contribution in [0.1, 0.15) is 40.9 Å². The summed E-state index contributed by atoms with van der Waals surface area (Å²) in [4.78, 5) is 32.5. The third-order valence-corrected chi connectivity index (χ3v) is 6.45. The summed E-state index contributed by atoms with van der Waals surface area (Å²) in [6.45, 7) is 7.01. The molecule has 0 bridgehead atoms. The molecule has 8 heteroatoms. The molecule has 0 saturated heterocycles. The Morgan fingerprint density at radius 1 is 1.25 bits per heavy atom. The Morgan fingerprint density at radius 2 is 1.93 bits per heavy atom. The van der Waals surface area contributed by atoms with Gasteiger partial charge in [-0.2, -0.15) is 0 Å². The maximum absolute atomic E-state index is 14.8. The first-order valence-electron chi connectivity index (χ1n) is 8.78. The molecule has 0 aliphatic carbocycles. The fourth-order valence-corrected chi connectivity index (χ4v) is 4.06. The van der Waals surface area contributed by atoms with Crippen LogP contribution in [0.3, 0.4) is 0 Å². The van der Waals surface area contributed by atoms with Gasteiger partial charge < -0.3 is 11.1 Å². The average Bonchev–Trinajstić information content (AvgIpc) is 3.07. The van der Waals surface area contributed by atoms with Crippen molar-refractivity contribution in [1.82, 2.24) is 4.90 Å². The number of nitrogens with zero attached hydrogens (tertiary/aromatic N) is 2. The zero-order valence-electron chi connectivity index (χ0n) is 16.5. The molecule has 2 aromatic rings. The zero-order valence-corrected chi connectivity index (χ0v) is 17.3. The summed E-state index contributed by atoms with van der Waals surface area (Å²) in [5, 5.41) is 2.78. The molecule has 1 aromatic heterocycles. The smallest absolute Gasteiger partial charge is 0.265 e. The maximum Gasteiger partial charge on any atom is 0.265 e. The molecular weight excluding hydrogens is 379 g/mol. The first-order chi connectivity index (χ1) is 13.0. The minimum Gasteiger partial charge on any atom is -0.369 e. The number of hydrogen-bond acceptors (Lipinski definition) is 5. The number of aliphatic imine (C=N–C) groups is 1. The van der Waals surface area contributed by atoms with E-state index in [0.717, 1.165) is 4.88 Å². The van der Waals surface area contributed by atoms with Crippen molar-refractivity contribution in [1.29, 1.82) is 0 Å². The third-order valence-electron chi connectivity index (χ3n) is 5.45. The van der Waals surface area contributed by atoms with E-state index in [9.17, 15) is 14.0 Å². The SMILES string of the molecule is Cc1ccc(C(=O)Nc2ccc(F)c([C@@]3(C)N=C(N)N(C)C(=O)C3(C)C)c2)s1. The number of guanidine groups is 1. The van der Waals surface area contributed by atoms with Crippen LogP contribution >= 0.6 is 11.3 Å². The molecule has 0 fully saturated rings. The highest BCUT2D eigenvalue weighted by atomic mass is 32.1. The molecule has 1 atom stereocenters. The van der Waals surface area contributed by atoms with Gasteiger partial charge in [0.15, 0.2) is 5.96 Å². The number of nitrogens with two attached hydrogens (primary N) is 1. The zero-order chi connectivity index (χ0) is 20.9. The van der Waals surface area contributed by atoms with Crippen LogP contribution in [0.15, 0.2) is 35.3 Å². The fourth-order valence-electron chi connectivity index (χ4n) is 3.30. The average molecular weight is 402 g/mol. The molecule has 3 N–H and O–H groups in total. The minimum absolute atomic E-state index is 0.0229. The summed E-state index contributed by atoms with van der Waals surface area (Å²) in [6, 6.07) is 7.87. The number of thiophene rings is 1. The Morgan fingerprint density at radius 3 is 2.54 bits per heavy atom. The molecule has 0 radical (unpaired) electrons. The van der Waals surface area contributed by atoms with Gasteiger partial charge in [-0.15, -0.1) is 11.3 Å². The van der Waals surface area contributed by atoms with Gasteiger partial charge in [0.25, 0.3) is 5.91 Å². The second-order valence-corrected chi connectivity index (χ2v) is 8.88. The van der Waals surface area contributed by atoms with Gasteiger partial charge in [0.2, 0.25) is 5.91 Å². The highest BCUT2D eigenvalue weighted by Crippen LogP contribution is 2.47. The standard InChI is InChI=1S/C20H23FN4O2S/c1-11-6-9-15(28-11)16(26)23-12-7-8-14(21)13(10-12)20(4)19(2,3)17(27)25(5)18(22)24-20/h6-10H,1-5H3,(H2,22,24)(H,23,26)/t20-/m1/s1. The third kappa shape index (κ3) is 3.07. The van der Waals surface area contributed by atoms with Crippen molar-refractivity contribution in [2.45, 2.75) is 33.2 Å². The maximum atomic E-state index is 14.8. The number of aryl methyl sites for hydroxylation is 1. The highest BCUT2D eigenvalue weighted by Gasteiger charge is 2.53. The number of halogens is 1. The number of nitrogens with one attached hydrogen (secondary N) is 1. The molecule has 148 valence electrons. The lowest BCUT2D eigenvalue weighted by atomic mass is 9.67. The molecule has 1 aliphatic rings. The van der Waals surface area contributed by atoms with Crippen molar-refractivity contribution in [2.75, 3.05) is 12.4 Å². The molecular formula is C20H23FN4O2S. The van der Waals surface area contributed by atoms with Crippen LogP contribution in [0.2, 0.25) is 0 Å². The predicted octanol–water partition coefficient (Wildman–Crippen LogP) is 3.48. The summed E-state index contributed by atoms with van der Waals surface area (Å²) in [5.41, 5.74) is 4.26. The van der Waals surface area contributed by atoms with Gasteiger partial charge in [-0.05, 0) is 58.0 Å². The Hall–Kier alpha value is -2.74. The van der Waals surface area contributed by atoms with Crippen LogP contribution < -0.4 is 11.1 Å². The van der Waals surface area contributed by atoms with Gasteiger partial charge in [0.1, 0.15) is 11.4 Å². The summed E-state index contributed by atoms with van der Waals surface area (Å²) >= 11 is 1.38. The second kappa shape index (κ2) is 6.70. The van der Waals surface area contributed by atoms with Crippen LogP contribution in [0.4, 0.5) is 10.1 Å². The number of rotatable bonds is 3. The lowest BCUT2D eigenvalue weighted by Crippen LogP contribution is -2.58. The Balaban J connectivity index is 2.04. The van der Waals surface area contributed by atoms with Gasteiger partial charge in [-0.3, -0.25) is 14.5 Å². The number of carbonyl (C=O) groups excluding carboxylic acids is 2.